The molecule has 2 aromatic carbocycles. The summed E-state index contributed by atoms with van der Waals surface area (Å²) in [5, 5.41) is 20.4. The smallest absolute Gasteiger partial charge is 0.237 e. The third kappa shape index (κ3) is 5.55. The first-order valence-electron chi connectivity index (χ1n) is 9.20. The van der Waals surface area contributed by atoms with E-state index in [1.807, 2.05) is 32.0 Å². The van der Waals surface area contributed by atoms with Gasteiger partial charge in [-0.2, -0.15) is 5.26 Å². The molecular weight excluding hydrogens is 421 g/mol. The highest BCUT2D eigenvalue weighted by Crippen LogP contribution is 2.29. The van der Waals surface area contributed by atoms with Gasteiger partial charge in [-0.3, -0.25) is 4.79 Å². The number of carbonyl (C=O) groups is 1. The fraction of sp³-hybridized carbons (Fsp3) is 0.238. The van der Waals surface area contributed by atoms with Crippen molar-refractivity contribution in [3.05, 3.63) is 59.4 Å². The van der Waals surface area contributed by atoms with E-state index < -0.39 is 0 Å². The third-order valence-electron chi connectivity index (χ3n) is 4.39. The fourth-order valence-electron chi connectivity index (χ4n) is 2.65. The van der Waals surface area contributed by atoms with Crippen molar-refractivity contribution in [3.63, 3.8) is 0 Å². The maximum atomic E-state index is 13.8. The van der Waals surface area contributed by atoms with Crippen molar-refractivity contribution in [2.75, 3.05) is 22.5 Å². The monoisotopic (exact) mass is 441 g/mol. The molecule has 0 saturated heterocycles. The number of hydrogen-bond donors (Lipinski definition) is 1. The van der Waals surface area contributed by atoms with Crippen LogP contribution in [0, 0.1) is 31.0 Å². The number of hydrogen-bond acceptors (Lipinski definition) is 7. The van der Waals surface area contributed by atoms with E-state index in [0.717, 1.165) is 16.8 Å². The topological polar surface area (TPSA) is 81.9 Å². The maximum absolute atomic E-state index is 13.8. The zero-order valence-electron chi connectivity index (χ0n) is 16.6. The standard InChI is InChI=1S/C21H20FN5OS2/c1-14-8-9-16(12-15(14)2)27(11-5-10-23)19(28)13-29-21-26-25-20(30-21)24-18-7-4-3-6-17(18)22/h3-4,6-9,12H,5,11,13H2,1-2H3,(H,24,25). The normalized spacial score (nSPS) is 10.5. The number of nitrogens with one attached hydrogen (secondary N) is 1. The number of halogens is 1. The van der Waals surface area contributed by atoms with E-state index in [1.54, 1.807) is 23.1 Å². The molecule has 1 aromatic heterocycles. The number of carbonyl (C=O) groups excluding carboxylic acids is 1. The molecule has 0 bridgehead atoms. The molecule has 0 spiro atoms. The van der Waals surface area contributed by atoms with Gasteiger partial charge in [0, 0.05) is 12.2 Å². The minimum atomic E-state index is -0.376. The summed E-state index contributed by atoms with van der Waals surface area (Å²) in [6.45, 7) is 4.33. The first-order chi connectivity index (χ1) is 14.5. The summed E-state index contributed by atoms with van der Waals surface area (Å²) in [4.78, 5) is 14.5. The molecule has 1 N–H and O–H groups in total. The summed E-state index contributed by atoms with van der Waals surface area (Å²) in [5.41, 5.74) is 3.32. The molecule has 3 aromatic rings. The van der Waals surface area contributed by atoms with Crippen molar-refractivity contribution in [1.82, 2.24) is 10.2 Å². The van der Waals surface area contributed by atoms with Crippen LogP contribution < -0.4 is 10.2 Å². The molecule has 0 unspecified atom stereocenters. The number of rotatable bonds is 8. The Morgan fingerprint density at radius 1 is 1.23 bits per heavy atom. The third-order valence-corrected chi connectivity index (χ3v) is 6.35. The van der Waals surface area contributed by atoms with Crippen molar-refractivity contribution in [3.8, 4) is 6.07 Å². The summed E-state index contributed by atoms with van der Waals surface area (Å²) in [6, 6.07) is 14.2. The summed E-state index contributed by atoms with van der Waals surface area (Å²) >= 11 is 2.51. The minimum Gasteiger partial charge on any atom is -0.328 e. The Bertz CT molecular complexity index is 1080. The molecule has 1 heterocycles. The molecule has 0 saturated carbocycles. The summed E-state index contributed by atoms with van der Waals surface area (Å²) in [7, 11) is 0. The predicted molar refractivity (Wildman–Crippen MR) is 119 cm³/mol. The molecule has 0 atom stereocenters. The lowest BCUT2D eigenvalue weighted by atomic mass is 10.1. The van der Waals surface area contributed by atoms with Crippen LogP contribution >= 0.6 is 23.1 Å². The molecule has 3 rings (SSSR count). The lowest BCUT2D eigenvalue weighted by molar-refractivity contribution is -0.116. The van der Waals surface area contributed by atoms with Crippen LogP contribution in [0.1, 0.15) is 17.5 Å². The number of nitrogens with zero attached hydrogens (tertiary/aromatic N) is 4. The average molecular weight is 442 g/mol. The SMILES string of the molecule is Cc1ccc(N(CCC#N)C(=O)CSc2nnc(Nc3ccccc3F)s2)cc1C. The van der Waals surface area contributed by atoms with Gasteiger partial charge in [-0.05, 0) is 49.2 Å². The molecule has 0 fully saturated rings. The van der Waals surface area contributed by atoms with Gasteiger partial charge in [-0.15, -0.1) is 10.2 Å². The largest absolute Gasteiger partial charge is 0.328 e. The van der Waals surface area contributed by atoms with Gasteiger partial charge >= 0.3 is 0 Å². The number of para-hydroxylation sites is 1. The number of benzene rings is 2. The van der Waals surface area contributed by atoms with Crippen LogP contribution in [-0.2, 0) is 4.79 Å². The lowest BCUT2D eigenvalue weighted by Crippen LogP contribution is -2.33. The van der Waals surface area contributed by atoms with Crippen LogP contribution in [0.15, 0.2) is 46.8 Å². The average Bonchev–Trinajstić information content (AvgIpc) is 3.18. The zero-order valence-corrected chi connectivity index (χ0v) is 18.2. The van der Waals surface area contributed by atoms with Gasteiger partial charge < -0.3 is 10.2 Å². The minimum absolute atomic E-state index is 0.114. The number of amides is 1. The number of thioether (sulfide) groups is 1. The Morgan fingerprint density at radius 2 is 2.03 bits per heavy atom. The highest BCUT2D eigenvalue weighted by molar-refractivity contribution is 8.01. The Labute approximate surface area is 182 Å². The van der Waals surface area contributed by atoms with Gasteiger partial charge in [-0.1, -0.05) is 41.3 Å². The van der Waals surface area contributed by atoms with Crippen LogP contribution in [0.4, 0.5) is 20.9 Å². The van der Waals surface area contributed by atoms with Gasteiger partial charge in [0.25, 0.3) is 0 Å². The molecule has 1 amide bonds. The zero-order chi connectivity index (χ0) is 21.5. The van der Waals surface area contributed by atoms with Crippen LogP contribution in [0.3, 0.4) is 0 Å². The maximum Gasteiger partial charge on any atom is 0.237 e. The summed E-state index contributed by atoms with van der Waals surface area (Å²) in [5.74, 6) is -0.330. The number of aryl methyl sites for hydroxylation is 2. The first-order valence-corrected chi connectivity index (χ1v) is 11.0. The van der Waals surface area contributed by atoms with E-state index in [4.69, 9.17) is 5.26 Å². The van der Waals surface area contributed by atoms with E-state index in [-0.39, 0.29) is 23.9 Å². The first kappa shape index (κ1) is 21.7. The second kappa shape index (κ2) is 10.2. The second-order valence-electron chi connectivity index (χ2n) is 6.49. The van der Waals surface area contributed by atoms with Gasteiger partial charge in [0.2, 0.25) is 11.0 Å². The molecule has 154 valence electrons. The van der Waals surface area contributed by atoms with E-state index in [0.29, 0.717) is 21.7 Å². The molecule has 0 radical (unpaired) electrons. The Kier molecular flexibility index (Phi) is 7.38. The van der Waals surface area contributed by atoms with Crippen LogP contribution in [0.25, 0.3) is 0 Å². The molecule has 0 aliphatic carbocycles. The fourth-order valence-corrected chi connectivity index (χ4v) is 4.29. The van der Waals surface area contributed by atoms with Crippen molar-refractivity contribution in [2.24, 2.45) is 0 Å². The van der Waals surface area contributed by atoms with Crippen molar-refractivity contribution < 1.29 is 9.18 Å². The van der Waals surface area contributed by atoms with E-state index in [1.165, 1.54) is 29.2 Å². The van der Waals surface area contributed by atoms with Gasteiger partial charge in [0.1, 0.15) is 5.82 Å². The Balaban J connectivity index is 1.65. The van der Waals surface area contributed by atoms with Crippen LogP contribution in [-0.4, -0.2) is 28.4 Å². The summed E-state index contributed by atoms with van der Waals surface area (Å²) < 4.78 is 14.4. The van der Waals surface area contributed by atoms with E-state index in [9.17, 15) is 9.18 Å². The van der Waals surface area contributed by atoms with E-state index in [2.05, 4.69) is 21.6 Å². The molecular formula is C21H20FN5OS2. The molecule has 9 heteroatoms. The second-order valence-corrected chi connectivity index (χ2v) is 8.69. The number of nitriles is 1. The quantitative estimate of drug-likeness (QED) is 0.491. The molecule has 0 aliphatic rings. The van der Waals surface area contributed by atoms with Crippen molar-refractivity contribution in [2.45, 2.75) is 24.6 Å². The molecule has 30 heavy (non-hydrogen) atoms. The van der Waals surface area contributed by atoms with Crippen molar-refractivity contribution in [1.29, 1.82) is 5.26 Å². The van der Waals surface area contributed by atoms with Gasteiger partial charge in [-0.25, -0.2) is 4.39 Å². The molecule has 6 nitrogen and oxygen atoms in total. The van der Waals surface area contributed by atoms with Gasteiger partial charge in [0.15, 0.2) is 4.34 Å². The number of anilines is 3. The van der Waals surface area contributed by atoms with Crippen LogP contribution in [0.2, 0.25) is 0 Å². The summed E-state index contributed by atoms with van der Waals surface area (Å²) in [6.07, 6.45) is 0.249. The van der Waals surface area contributed by atoms with Gasteiger partial charge in [0.05, 0.1) is 23.9 Å². The Morgan fingerprint density at radius 3 is 2.77 bits per heavy atom. The highest BCUT2D eigenvalue weighted by Gasteiger charge is 2.18. The van der Waals surface area contributed by atoms with Crippen molar-refractivity contribution >= 4 is 45.5 Å². The van der Waals surface area contributed by atoms with E-state index >= 15 is 0 Å². The highest BCUT2D eigenvalue weighted by atomic mass is 32.2. The lowest BCUT2D eigenvalue weighted by Gasteiger charge is -2.22. The molecule has 0 aliphatic heterocycles. The van der Waals surface area contributed by atoms with Crippen LogP contribution in [0.5, 0.6) is 0 Å². The Hall–Kier alpha value is -2.96. The number of aromatic nitrogens is 2. The predicted octanol–water partition coefficient (Wildman–Crippen LogP) is 5.08.